The molecule has 0 aliphatic carbocycles. The van der Waals surface area contributed by atoms with Crippen molar-refractivity contribution in [1.29, 1.82) is 5.41 Å². The predicted octanol–water partition coefficient (Wildman–Crippen LogP) is 1.61. The number of hydrogen-bond acceptors (Lipinski definition) is 4. The Kier molecular flexibility index (Phi) is 4.07. The van der Waals surface area contributed by atoms with Crippen molar-refractivity contribution < 1.29 is 9.53 Å². The second kappa shape index (κ2) is 4.37. The number of nitrogens with one attached hydrogen (secondary N) is 1. The first kappa shape index (κ1) is 12.1. The fourth-order valence-corrected chi connectivity index (χ4v) is 0.806. The largest absolute Gasteiger partial charge is 0.467 e. The van der Waals surface area contributed by atoms with Gasteiger partial charge < -0.3 is 4.74 Å². The van der Waals surface area contributed by atoms with Crippen LogP contribution in [0.25, 0.3) is 0 Å². The van der Waals surface area contributed by atoms with Gasteiger partial charge in [0.05, 0.1) is 12.8 Å². The number of halogens is 1. The van der Waals surface area contributed by atoms with Gasteiger partial charge in [-0.2, -0.15) is 0 Å². The average molecular weight is 205 g/mol. The van der Waals surface area contributed by atoms with Crippen LogP contribution < -0.4 is 0 Å². The lowest BCUT2D eigenvalue weighted by Crippen LogP contribution is -2.32. The zero-order valence-electron chi connectivity index (χ0n) is 8.14. The lowest BCUT2D eigenvalue weighted by Gasteiger charge is -2.16. The van der Waals surface area contributed by atoms with Crippen molar-refractivity contribution in [1.82, 2.24) is 0 Å². The molecule has 0 aromatic heterocycles. The molecule has 0 aromatic rings. The second-order valence-electron chi connectivity index (χ2n) is 3.06. The molecule has 0 unspecified atom stereocenters. The van der Waals surface area contributed by atoms with Crippen LogP contribution in [-0.4, -0.2) is 29.5 Å². The smallest absolute Gasteiger partial charge is 0.333 e. The van der Waals surface area contributed by atoms with Crippen LogP contribution in [-0.2, 0) is 9.53 Å². The zero-order chi connectivity index (χ0) is 10.6. The predicted molar refractivity (Wildman–Crippen MR) is 52.8 cm³/mol. The zero-order valence-corrected chi connectivity index (χ0v) is 8.90. The third kappa shape index (κ3) is 3.55. The highest BCUT2D eigenvalue weighted by atomic mass is 35.5. The standard InChI is InChI=1S/C8H13ClN2O2/c1-5(6(9)10)11-8(2,3)7(12)13-4/h10H,1-4H3. The first-order valence-corrected chi connectivity index (χ1v) is 4.08. The molecular formula is C8H13ClN2O2. The van der Waals surface area contributed by atoms with E-state index in [9.17, 15) is 4.79 Å². The summed E-state index contributed by atoms with van der Waals surface area (Å²) in [6.45, 7) is 4.77. The molecule has 0 aliphatic heterocycles. The molecule has 1 N–H and O–H groups in total. The van der Waals surface area contributed by atoms with E-state index in [4.69, 9.17) is 17.0 Å². The van der Waals surface area contributed by atoms with Crippen molar-refractivity contribution in [2.24, 2.45) is 4.99 Å². The van der Waals surface area contributed by atoms with Crippen LogP contribution in [0.3, 0.4) is 0 Å². The number of carbonyl (C=O) groups excluding carboxylic acids is 1. The van der Waals surface area contributed by atoms with Crippen LogP contribution in [0, 0.1) is 5.41 Å². The van der Waals surface area contributed by atoms with Gasteiger partial charge in [-0.1, -0.05) is 11.6 Å². The van der Waals surface area contributed by atoms with Gasteiger partial charge in [-0.3, -0.25) is 10.4 Å². The van der Waals surface area contributed by atoms with E-state index in [0.717, 1.165) is 0 Å². The molecule has 5 heteroatoms. The maximum atomic E-state index is 11.1. The number of hydrogen-bond donors (Lipinski definition) is 1. The average Bonchev–Trinajstić information content (AvgIpc) is 2.01. The minimum Gasteiger partial charge on any atom is -0.467 e. The SMILES string of the molecule is COC(=O)C(C)(C)N=C(C)C(=N)Cl. The number of methoxy groups -OCH3 is 1. The number of esters is 1. The molecule has 0 aromatic carbocycles. The Morgan fingerprint density at radius 2 is 2.00 bits per heavy atom. The minimum absolute atomic E-state index is 0.169. The van der Waals surface area contributed by atoms with Gasteiger partial charge in [0.15, 0.2) is 5.54 Å². The molecule has 74 valence electrons. The van der Waals surface area contributed by atoms with Crippen LogP contribution >= 0.6 is 11.6 Å². The molecule has 0 saturated heterocycles. The lowest BCUT2D eigenvalue weighted by atomic mass is 10.1. The van der Waals surface area contributed by atoms with Gasteiger partial charge in [0, 0.05) is 0 Å². The van der Waals surface area contributed by atoms with Crippen LogP contribution in [0.2, 0.25) is 0 Å². The summed E-state index contributed by atoms with van der Waals surface area (Å²) in [5, 5.41) is 6.89. The number of ether oxygens (including phenoxy) is 1. The second-order valence-corrected chi connectivity index (χ2v) is 3.44. The van der Waals surface area contributed by atoms with Gasteiger partial charge in [0.2, 0.25) is 0 Å². The maximum absolute atomic E-state index is 11.1. The molecule has 0 atom stereocenters. The van der Waals surface area contributed by atoms with Crippen molar-refractivity contribution in [3.63, 3.8) is 0 Å². The van der Waals surface area contributed by atoms with E-state index in [-0.39, 0.29) is 5.17 Å². The van der Waals surface area contributed by atoms with Crippen molar-refractivity contribution >= 4 is 28.5 Å². The van der Waals surface area contributed by atoms with Gasteiger partial charge in [-0.15, -0.1) is 0 Å². The van der Waals surface area contributed by atoms with Gasteiger partial charge >= 0.3 is 5.97 Å². The minimum atomic E-state index is -0.986. The highest BCUT2D eigenvalue weighted by molar-refractivity contribution is 6.82. The third-order valence-corrected chi connectivity index (χ3v) is 1.72. The molecule has 13 heavy (non-hydrogen) atoms. The number of carbonyl (C=O) groups is 1. The Hall–Kier alpha value is -0.900. The van der Waals surface area contributed by atoms with Gasteiger partial charge in [-0.25, -0.2) is 4.79 Å². The molecule has 0 saturated carbocycles. The third-order valence-electron chi connectivity index (χ3n) is 1.45. The van der Waals surface area contributed by atoms with E-state index in [0.29, 0.717) is 5.71 Å². The van der Waals surface area contributed by atoms with E-state index in [2.05, 4.69) is 9.73 Å². The molecule has 0 fully saturated rings. The summed E-state index contributed by atoms with van der Waals surface area (Å²) in [4.78, 5) is 15.1. The Balaban J connectivity index is 4.76. The molecule has 0 radical (unpaired) electrons. The Morgan fingerprint density at radius 3 is 2.31 bits per heavy atom. The first-order chi connectivity index (χ1) is 5.81. The van der Waals surface area contributed by atoms with E-state index in [1.807, 2.05) is 0 Å². The molecule has 0 aliphatic rings. The van der Waals surface area contributed by atoms with E-state index in [1.165, 1.54) is 7.11 Å². The summed E-state index contributed by atoms with van der Waals surface area (Å²) in [6.07, 6.45) is 0. The monoisotopic (exact) mass is 204 g/mol. The summed E-state index contributed by atoms with van der Waals surface area (Å²) in [6, 6.07) is 0. The fraction of sp³-hybridized carbons (Fsp3) is 0.625. The van der Waals surface area contributed by atoms with Crippen molar-refractivity contribution in [2.75, 3.05) is 7.11 Å². The van der Waals surface area contributed by atoms with Crippen LogP contribution in [0.1, 0.15) is 20.8 Å². The molecule has 0 rings (SSSR count). The van der Waals surface area contributed by atoms with Crippen LogP contribution in [0.4, 0.5) is 0 Å². The summed E-state index contributed by atoms with van der Waals surface area (Å²) < 4.78 is 4.54. The van der Waals surface area contributed by atoms with Crippen molar-refractivity contribution in [3.05, 3.63) is 0 Å². The highest BCUT2D eigenvalue weighted by Gasteiger charge is 2.28. The summed E-state index contributed by atoms with van der Waals surface area (Å²) in [5.41, 5.74) is -0.669. The molecule has 0 bridgehead atoms. The van der Waals surface area contributed by atoms with Crippen LogP contribution in [0.5, 0.6) is 0 Å². The fourth-order valence-electron chi connectivity index (χ4n) is 0.764. The van der Waals surface area contributed by atoms with Crippen molar-refractivity contribution in [3.8, 4) is 0 Å². The van der Waals surface area contributed by atoms with Gasteiger partial charge in [0.25, 0.3) is 0 Å². The summed E-state index contributed by atoms with van der Waals surface area (Å²) >= 11 is 5.38. The van der Waals surface area contributed by atoms with Gasteiger partial charge in [0.1, 0.15) is 5.17 Å². The quantitative estimate of drug-likeness (QED) is 0.561. The Labute approximate surface area is 82.5 Å². The van der Waals surface area contributed by atoms with Gasteiger partial charge in [-0.05, 0) is 20.8 Å². The number of nitrogens with zero attached hydrogens (tertiary/aromatic N) is 1. The van der Waals surface area contributed by atoms with E-state index in [1.54, 1.807) is 20.8 Å². The normalized spacial score (nSPS) is 12.5. The highest BCUT2D eigenvalue weighted by Crippen LogP contribution is 2.11. The molecular weight excluding hydrogens is 192 g/mol. The maximum Gasteiger partial charge on any atom is 0.333 e. The first-order valence-electron chi connectivity index (χ1n) is 3.70. The Morgan fingerprint density at radius 1 is 1.54 bits per heavy atom. The molecule has 0 amide bonds. The Bertz CT molecular complexity index is 259. The van der Waals surface area contributed by atoms with Crippen molar-refractivity contribution in [2.45, 2.75) is 26.3 Å². The van der Waals surface area contributed by atoms with Crippen LogP contribution in [0.15, 0.2) is 4.99 Å². The number of aliphatic imine (C=N–C) groups is 1. The number of rotatable bonds is 3. The summed E-state index contributed by atoms with van der Waals surface area (Å²) in [5.74, 6) is -0.454. The molecule has 4 nitrogen and oxygen atoms in total. The molecule has 0 spiro atoms. The topological polar surface area (TPSA) is 62.5 Å². The van der Waals surface area contributed by atoms with E-state index >= 15 is 0 Å². The molecule has 0 heterocycles. The summed E-state index contributed by atoms with van der Waals surface area (Å²) in [7, 11) is 1.29. The lowest BCUT2D eigenvalue weighted by molar-refractivity contribution is -0.145. The van der Waals surface area contributed by atoms with E-state index < -0.39 is 11.5 Å².